The number of imidazole rings is 1. The van der Waals surface area contributed by atoms with Crippen molar-refractivity contribution in [3.63, 3.8) is 0 Å². The molecule has 0 aliphatic carbocycles. The standard InChI is InChI=1S/C13H12BrF3N2/c1-8-5-9(6-14)3-4-10(8)12-18-11(7-19(12)2)13(15,16)17/h3-5,7H,6H2,1-2H3. The Morgan fingerprint density at radius 3 is 2.47 bits per heavy atom. The zero-order valence-corrected chi connectivity index (χ0v) is 12.0. The van der Waals surface area contributed by atoms with Crippen LogP contribution in [-0.2, 0) is 18.6 Å². The van der Waals surface area contributed by atoms with Crippen molar-refractivity contribution in [2.24, 2.45) is 7.05 Å². The highest BCUT2D eigenvalue weighted by molar-refractivity contribution is 9.08. The van der Waals surface area contributed by atoms with E-state index in [1.165, 1.54) is 4.57 Å². The van der Waals surface area contributed by atoms with Crippen molar-refractivity contribution in [2.45, 2.75) is 18.4 Å². The number of aromatic nitrogens is 2. The molecule has 0 fully saturated rings. The van der Waals surface area contributed by atoms with Crippen molar-refractivity contribution in [3.8, 4) is 11.4 Å². The first-order chi connectivity index (χ1) is 8.82. The number of hydrogen-bond donors (Lipinski definition) is 0. The van der Waals surface area contributed by atoms with Crippen LogP contribution in [0.25, 0.3) is 11.4 Å². The van der Waals surface area contributed by atoms with E-state index in [1.807, 2.05) is 19.1 Å². The second-order valence-electron chi connectivity index (χ2n) is 4.34. The average molecular weight is 333 g/mol. The number of benzene rings is 1. The number of halogens is 4. The summed E-state index contributed by atoms with van der Waals surface area (Å²) in [4.78, 5) is 3.69. The van der Waals surface area contributed by atoms with Crippen LogP contribution in [0.3, 0.4) is 0 Å². The van der Waals surface area contributed by atoms with Crippen molar-refractivity contribution in [3.05, 3.63) is 41.2 Å². The maximum atomic E-state index is 12.6. The zero-order chi connectivity index (χ0) is 14.2. The van der Waals surface area contributed by atoms with Crippen molar-refractivity contribution < 1.29 is 13.2 Å². The quantitative estimate of drug-likeness (QED) is 0.749. The van der Waals surface area contributed by atoms with Crippen LogP contribution in [0, 0.1) is 6.92 Å². The molecule has 0 radical (unpaired) electrons. The monoisotopic (exact) mass is 332 g/mol. The lowest BCUT2D eigenvalue weighted by Gasteiger charge is -2.07. The van der Waals surface area contributed by atoms with Crippen LogP contribution in [0.2, 0.25) is 0 Å². The van der Waals surface area contributed by atoms with Gasteiger partial charge in [0.25, 0.3) is 0 Å². The minimum atomic E-state index is -4.42. The maximum Gasteiger partial charge on any atom is 0.434 e. The molecule has 0 N–H and O–H groups in total. The van der Waals surface area contributed by atoms with E-state index < -0.39 is 11.9 Å². The molecule has 0 aliphatic rings. The molecular formula is C13H12BrF3N2. The fourth-order valence-electron chi connectivity index (χ4n) is 1.91. The molecule has 0 aliphatic heterocycles. The third-order valence-electron chi connectivity index (χ3n) is 2.85. The first-order valence-corrected chi connectivity index (χ1v) is 6.71. The van der Waals surface area contributed by atoms with E-state index in [1.54, 1.807) is 13.1 Å². The van der Waals surface area contributed by atoms with Crippen molar-refractivity contribution in [1.82, 2.24) is 9.55 Å². The smallest absolute Gasteiger partial charge is 0.333 e. The van der Waals surface area contributed by atoms with Crippen LogP contribution in [0.15, 0.2) is 24.4 Å². The SMILES string of the molecule is Cc1cc(CBr)ccc1-c1nc(C(F)(F)F)cn1C. The van der Waals surface area contributed by atoms with Crippen LogP contribution < -0.4 is 0 Å². The molecule has 0 saturated carbocycles. The van der Waals surface area contributed by atoms with Gasteiger partial charge < -0.3 is 4.57 Å². The minimum absolute atomic E-state index is 0.325. The molecule has 2 aromatic rings. The molecule has 0 saturated heterocycles. The topological polar surface area (TPSA) is 17.8 Å². The lowest BCUT2D eigenvalue weighted by molar-refractivity contribution is -0.140. The maximum absolute atomic E-state index is 12.6. The molecule has 1 aromatic carbocycles. The number of hydrogen-bond acceptors (Lipinski definition) is 1. The Morgan fingerprint density at radius 2 is 2.00 bits per heavy atom. The van der Waals surface area contributed by atoms with E-state index in [4.69, 9.17) is 0 Å². The van der Waals surface area contributed by atoms with Gasteiger partial charge in [0.2, 0.25) is 0 Å². The molecule has 2 rings (SSSR count). The first kappa shape index (κ1) is 14.1. The number of aryl methyl sites for hydroxylation is 2. The lowest BCUT2D eigenvalue weighted by atomic mass is 10.1. The summed E-state index contributed by atoms with van der Waals surface area (Å²) in [6.45, 7) is 1.86. The Hall–Kier alpha value is -1.30. The third kappa shape index (κ3) is 2.83. The van der Waals surface area contributed by atoms with Gasteiger partial charge in [0.15, 0.2) is 5.69 Å². The van der Waals surface area contributed by atoms with Crippen LogP contribution in [0.1, 0.15) is 16.8 Å². The van der Waals surface area contributed by atoms with Crippen LogP contribution in [-0.4, -0.2) is 9.55 Å². The summed E-state index contributed by atoms with van der Waals surface area (Å²) in [6, 6.07) is 5.61. The van der Waals surface area contributed by atoms with Gasteiger partial charge in [-0.3, -0.25) is 0 Å². The Bertz CT molecular complexity index is 602. The van der Waals surface area contributed by atoms with Gasteiger partial charge in [-0.25, -0.2) is 4.98 Å². The van der Waals surface area contributed by atoms with E-state index in [9.17, 15) is 13.2 Å². The van der Waals surface area contributed by atoms with E-state index in [2.05, 4.69) is 20.9 Å². The Morgan fingerprint density at radius 1 is 1.32 bits per heavy atom. The summed E-state index contributed by atoms with van der Waals surface area (Å²) >= 11 is 3.35. The highest BCUT2D eigenvalue weighted by Gasteiger charge is 2.34. The normalized spacial score (nSPS) is 11.9. The predicted molar refractivity (Wildman–Crippen MR) is 71.0 cm³/mol. The Balaban J connectivity index is 2.51. The number of nitrogens with zero attached hydrogens (tertiary/aromatic N) is 2. The van der Waals surface area contributed by atoms with Gasteiger partial charge in [0.05, 0.1) is 0 Å². The van der Waals surface area contributed by atoms with Crippen molar-refractivity contribution >= 4 is 15.9 Å². The van der Waals surface area contributed by atoms with E-state index in [0.717, 1.165) is 17.3 Å². The summed E-state index contributed by atoms with van der Waals surface area (Å²) < 4.78 is 39.3. The molecule has 1 heterocycles. The minimum Gasteiger partial charge on any atom is -0.333 e. The Labute approximate surface area is 117 Å². The fraction of sp³-hybridized carbons (Fsp3) is 0.308. The van der Waals surface area contributed by atoms with E-state index >= 15 is 0 Å². The zero-order valence-electron chi connectivity index (χ0n) is 10.4. The van der Waals surface area contributed by atoms with Crippen LogP contribution in [0.5, 0.6) is 0 Å². The van der Waals surface area contributed by atoms with Crippen LogP contribution >= 0.6 is 15.9 Å². The first-order valence-electron chi connectivity index (χ1n) is 5.59. The van der Waals surface area contributed by atoms with Crippen molar-refractivity contribution in [1.29, 1.82) is 0 Å². The fourth-order valence-corrected chi connectivity index (χ4v) is 2.26. The van der Waals surface area contributed by atoms with Crippen molar-refractivity contribution in [2.75, 3.05) is 0 Å². The van der Waals surface area contributed by atoms with Gasteiger partial charge in [-0.2, -0.15) is 13.2 Å². The third-order valence-corrected chi connectivity index (χ3v) is 3.50. The molecule has 102 valence electrons. The van der Waals surface area contributed by atoms with E-state index in [0.29, 0.717) is 16.7 Å². The van der Waals surface area contributed by atoms with Gasteiger partial charge in [0.1, 0.15) is 5.82 Å². The van der Waals surface area contributed by atoms with Gasteiger partial charge >= 0.3 is 6.18 Å². The summed E-state index contributed by atoms with van der Waals surface area (Å²) in [5, 5.41) is 0.711. The second kappa shape index (κ2) is 5.00. The molecule has 0 bridgehead atoms. The molecular weight excluding hydrogens is 321 g/mol. The highest BCUT2D eigenvalue weighted by Crippen LogP contribution is 2.31. The lowest BCUT2D eigenvalue weighted by Crippen LogP contribution is -2.04. The van der Waals surface area contributed by atoms with Gasteiger partial charge in [-0.15, -0.1) is 0 Å². The summed E-state index contributed by atoms with van der Waals surface area (Å²) in [5.41, 5.74) is 1.82. The predicted octanol–water partition coefficient (Wildman–Crippen LogP) is 4.31. The number of rotatable bonds is 2. The Kier molecular flexibility index (Phi) is 3.71. The van der Waals surface area contributed by atoms with Crippen LogP contribution in [0.4, 0.5) is 13.2 Å². The number of alkyl halides is 4. The summed E-state index contributed by atoms with van der Waals surface area (Å²) in [7, 11) is 1.56. The van der Waals surface area contributed by atoms with Gasteiger partial charge in [-0.1, -0.05) is 34.1 Å². The molecule has 0 spiro atoms. The largest absolute Gasteiger partial charge is 0.434 e. The van der Waals surface area contributed by atoms with E-state index in [-0.39, 0.29) is 0 Å². The highest BCUT2D eigenvalue weighted by atomic mass is 79.9. The molecule has 1 aromatic heterocycles. The van der Waals surface area contributed by atoms with Gasteiger partial charge in [0, 0.05) is 24.1 Å². The molecule has 6 heteroatoms. The molecule has 0 unspecified atom stereocenters. The molecule has 0 amide bonds. The van der Waals surface area contributed by atoms with Gasteiger partial charge in [-0.05, 0) is 18.1 Å². The average Bonchev–Trinajstić information content (AvgIpc) is 2.71. The molecule has 2 nitrogen and oxygen atoms in total. The molecule has 0 atom stereocenters. The summed E-state index contributed by atoms with van der Waals surface area (Å²) in [6.07, 6.45) is -3.41. The second-order valence-corrected chi connectivity index (χ2v) is 4.90. The summed E-state index contributed by atoms with van der Waals surface area (Å²) in [5.74, 6) is 0.325. The molecule has 19 heavy (non-hydrogen) atoms.